The number of hydrogen-bond donors (Lipinski definition) is 1. The molecule has 1 N–H and O–H groups in total. The van der Waals surface area contributed by atoms with Crippen LogP contribution in [0.15, 0.2) is 67.1 Å². The number of Topliss-reactive ketones (excluding diaryl/α,β-unsaturated/α-hetero) is 1. The van der Waals surface area contributed by atoms with E-state index in [-0.39, 0.29) is 10.7 Å². The van der Waals surface area contributed by atoms with Crippen LogP contribution in [-0.4, -0.2) is 19.2 Å². The quantitative estimate of drug-likeness (QED) is 0.227. The van der Waals surface area contributed by atoms with Crippen LogP contribution in [0.4, 0.5) is 5.69 Å². The zero-order valence-electron chi connectivity index (χ0n) is 20.4. The molecule has 184 valence electrons. The van der Waals surface area contributed by atoms with Crippen LogP contribution >= 0.6 is 23.1 Å². The van der Waals surface area contributed by atoms with E-state index in [4.69, 9.17) is 9.40 Å². The Morgan fingerprint density at radius 2 is 1.72 bits per heavy atom. The van der Waals surface area contributed by atoms with Crippen molar-refractivity contribution in [2.75, 3.05) is 4.72 Å². The van der Waals surface area contributed by atoms with Crippen LogP contribution in [0, 0.1) is 27.7 Å². The van der Waals surface area contributed by atoms with Crippen molar-refractivity contribution < 1.29 is 17.6 Å². The number of carbonyl (C=O) groups is 1. The van der Waals surface area contributed by atoms with Crippen LogP contribution in [0.5, 0.6) is 0 Å². The van der Waals surface area contributed by atoms with Gasteiger partial charge in [0.05, 0.1) is 31.3 Å². The summed E-state index contributed by atoms with van der Waals surface area (Å²) < 4.78 is 37.4. The Hall–Kier alpha value is -3.14. The molecule has 2 heterocycles. The lowest BCUT2D eigenvalue weighted by Gasteiger charge is -2.13. The Morgan fingerprint density at radius 1 is 1.00 bits per heavy atom. The third-order valence-corrected chi connectivity index (χ3v) is 9.73. The predicted octanol–water partition coefficient (Wildman–Crippen LogP) is 7.43. The largest absolute Gasteiger partial charge is 0.459 e. The molecule has 36 heavy (non-hydrogen) atoms. The zero-order valence-corrected chi connectivity index (χ0v) is 22.9. The van der Waals surface area contributed by atoms with Crippen LogP contribution in [0.3, 0.4) is 0 Å². The number of nitrogens with zero attached hydrogens (tertiary/aromatic N) is 1. The van der Waals surface area contributed by atoms with Crippen molar-refractivity contribution in [2.45, 2.75) is 48.7 Å². The zero-order chi connectivity index (χ0) is 25.8. The lowest BCUT2D eigenvalue weighted by atomic mass is 10.1. The molecule has 0 fully saturated rings. The monoisotopic (exact) mass is 536 g/mol. The number of para-hydroxylation sites is 1. The van der Waals surface area contributed by atoms with Crippen molar-refractivity contribution in [3.8, 4) is 0 Å². The second-order valence-corrected chi connectivity index (χ2v) is 12.8. The summed E-state index contributed by atoms with van der Waals surface area (Å²) in [6, 6.07) is 14.8. The average Bonchev–Trinajstić information content (AvgIpc) is 3.35. The van der Waals surface area contributed by atoms with Crippen LogP contribution < -0.4 is 4.72 Å². The number of ketones is 1. The molecule has 0 aliphatic rings. The van der Waals surface area contributed by atoms with Gasteiger partial charge in [0.1, 0.15) is 11.3 Å². The number of aryl methyl sites for hydroxylation is 4. The van der Waals surface area contributed by atoms with Gasteiger partial charge in [0.15, 0.2) is 10.1 Å². The van der Waals surface area contributed by atoms with Gasteiger partial charge in [0.25, 0.3) is 10.0 Å². The first-order chi connectivity index (χ1) is 17.0. The number of sulfonamides is 1. The fourth-order valence-corrected chi connectivity index (χ4v) is 7.80. The SMILES string of the molecule is CC(=O)c1c(C)oc2c(Sc3nc4ccccc4s3)cc(NS(=O)(=O)c3cc(C)c(C)cc3C)cc12. The maximum absolute atomic E-state index is 13.4. The van der Waals surface area contributed by atoms with E-state index in [1.807, 2.05) is 44.2 Å². The third-order valence-electron chi connectivity index (χ3n) is 6.09. The number of carbonyl (C=O) groups excluding carboxylic acids is 1. The summed E-state index contributed by atoms with van der Waals surface area (Å²) in [7, 11) is -3.88. The molecule has 0 amide bonds. The number of rotatable bonds is 6. The maximum atomic E-state index is 13.4. The molecular weight excluding hydrogens is 513 g/mol. The third kappa shape index (κ3) is 4.42. The molecule has 3 aromatic carbocycles. The average molecular weight is 537 g/mol. The molecule has 0 aliphatic heterocycles. The summed E-state index contributed by atoms with van der Waals surface area (Å²) in [5, 5.41) is 0.570. The first-order valence-electron chi connectivity index (χ1n) is 11.3. The van der Waals surface area contributed by atoms with Gasteiger partial charge in [-0.2, -0.15) is 0 Å². The summed E-state index contributed by atoms with van der Waals surface area (Å²) in [5.74, 6) is 0.348. The standard InChI is InChI=1S/C27H24N2O4S3/c1-14-10-16(3)24(11-15(14)2)36(31,32)29-19-12-20-25(17(4)30)18(5)33-26(20)23(13-19)35-27-28-21-8-6-7-9-22(21)34-27/h6-13,29H,1-5H3. The van der Waals surface area contributed by atoms with E-state index >= 15 is 0 Å². The van der Waals surface area contributed by atoms with E-state index in [2.05, 4.69) is 4.72 Å². The molecule has 0 bridgehead atoms. The molecule has 0 radical (unpaired) electrons. The van der Waals surface area contributed by atoms with Gasteiger partial charge in [0.2, 0.25) is 0 Å². The Balaban J connectivity index is 1.64. The number of hydrogen-bond acceptors (Lipinski definition) is 7. The number of fused-ring (bicyclic) bond motifs is 2. The lowest BCUT2D eigenvalue weighted by molar-refractivity contribution is 0.101. The number of benzene rings is 3. The fraction of sp³-hybridized carbons (Fsp3) is 0.185. The van der Waals surface area contributed by atoms with E-state index in [0.29, 0.717) is 38.4 Å². The van der Waals surface area contributed by atoms with E-state index < -0.39 is 10.0 Å². The summed E-state index contributed by atoms with van der Waals surface area (Å²) in [4.78, 5) is 18.0. The van der Waals surface area contributed by atoms with Crippen molar-refractivity contribution in [1.29, 1.82) is 0 Å². The molecule has 5 aromatic rings. The molecule has 9 heteroatoms. The van der Waals surface area contributed by atoms with E-state index in [0.717, 1.165) is 25.7 Å². The van der Waals surface area contributed by atoms with Gasteiger partial charge in [0, 0.05) is 5.39 Å². The Morgan fingerprint density at radius 3 is 2.44 bits per heavy atom. The molecule has 2 aromatic heterocycles. The lowest BCUT2D eigenvalue weighted by Crippen LogP contribution is -2.15. The molecule has 0 atom stereocenters. The minimum absolute atomic E-state index is 0.146. The molecule has 6 nitrogen and oxygen atoms in total. The van der Waals surface area contributed by atoms with Gasteiger partial charge in [-0.05, 0) is 81.6 Å². The van der Waals surface area contributed by atoms with Crippen molar-refractivity contribution in [1.82, 2.24) is 4.98 Å². The van der Waals surface area contributed by atoms with Crippen LogP contribution in [0.2, 0.25) is 0 Å². The normalized spacial score (nSPS) is 11.9. The first-order valence-corrected chi connectivity index (χ1v) is 14.4. The maximum Gasteiger partial charge on any atom is 0.262 e. The number of aromatic nitrogens is 1. The highest BCUT2D eigenvalue weighted by Gasteiger charge is 2.23. The predicted molar refractivity (Wildman–Crippen MR) is 146 cm³/mol. The van der Waals surface area contributed by atoms with Crippen molar-refractivity contribution in [3.05, 3.63) is 76.5 Å². The highest BCUT2D eigenvalue weighted by atomic mass is 32.2. The number of nitrogens with one attached hydrogen (secondary N) is 1. The Kier molecular flexibility index (Phi) is 6.18. The van der Waals surface area contributed by atoms with Crippen molar-refractivity contribution in [3.63, 3.8) is 0 Å². The van der Waals surface area contributed by atoms with E-state index in [1.165, 1.54) is 18.7 Å². The van der Waals surface area contributed by atoms with Gasteiger partial charge < -0.3 is 4.42 Å². The van der Waals surface area contributed by atoms with Gasteiger partial charge in [-0.1, -0.05) is 30.0 Å². The van der Waals surface area contributed by atoms with Gasteiger partial charge in [-0.3, -0.25) is 9.52 Å². The summed E-state index contributed by atoms with van der Waals surface area (Å²) in [6.07, 6.45) is 0. The molecule has 5 rings (SSSR count). The van der Waals surface area contributed by atoms with Crippen molar-refractivity contribution in [2.24, 2.45) is 0 Å². The summed E-state index contributed by atoms with van der Waals surface area (Å²) >= 11 is 2.93. The molecule has 0 saturated carbocycles. The highest BCUT2D eigenvalue weighted by Crippen LogP contribution is 2.42. The minimum atomic E-state index is -3.88. The Labute approximate surface area is 217 Å². The van der Waals surface area contributed by atoms with Gasteiger partial charge in [-0.25, -0.2) is 13.4 Å². The molecule has 0 spiro atoms. The van der Waals surface area contributed by atoms with Crippen LogP contribution in [0.1, 0.15) is 39.7 Å². The second kappa shape index (κ2) is 9.06. The smallest absolute Gasteiger partial charge is 0.262 e. The van der Waals surface area contributed by atoms with Crippen LogP contribution in [-0.2, 0) is 10.0 Å². The summed E-state index contributed by atoms with van der Waals surface area (Å²) in [5.41, 5.74) is 4.82. The Bertz CT molecular complexity index is 1750. The van der Waals surface area contributed by atoms with Crippen LogP contribution in [0.25, 0.3) is 21.2 Å². The first kappa shape index (κ1) is 24.5. The van der Waals surface area contributed by atoms with E-state index in [9.17, 15) is 13.2 Å². The van der Waals surface area contributed by atoms with Gasteiger partial charge in [-0.15, -0.1) is 11.3 Å². The number of thiazole rings is 1. The molecular formula is C27H24N2O4S3. The second-order valence-electron chi connectivity index (χ2n) is 8.80. The topological polar surface area (TPSA) is 89.3 Å². The molecule has 0 saturated heterocycles. The van der Waals surface area contributed by atoms with Crippen molar-refractivity contribution >= 4 is 65.8 Å². The summed E-state index contributed by atoms with van der Waals surface area (Å²) in [6.45, 7) is 8.85. The molecule has 0 unspecified atom stereocenters. The number of anilines is 1. The molecule has 0 aliphatic carbocycles. The number of furan rings is 1. The van der Waals surface area contributed by atoms with E-state index in [1.54, 1.807) is 43.4 Å². The highest BCUT2D eigenvalue weighted by molar-refractivity contribution is 8.01. The fourth-order valence-electron chi connectivity index (χ4n) is 4.28. The van der Waals surface area contributed by atoms with Gasteiger partial charge >= 0.3 is 0 Å². The minimum Gasteiger partial charge on any atom is -0.459 e.